The Kier molecular flexibility index (Phi) is 5.42. The van der Waals surface area contributed by atoms with Crippen LogP contribution in [0.2, 0.25) is 5.02 Å². The van der Waals surface area contributed by atoms with Crippen LogP contribution in [0.3, 0.4) is 0 Å². The summed E-state index contributed by atoms with van der Waals surface area (Å²) in [5.74, 6) is -0.345. The number of aromatic amines is 1. The number of thioether (sulfide) groups is 1. The van der Waals surface area contributed by atoms with Gasteiger partial charge in [-0.3, -0.25) is 0 Å². The molecule has 0 fully saturated rings. The zero-order chi connectivity index (χ0) is 20.4. The van der Waals surface area contributed by atoms with Crippen molar-refractivity contribution in [2.24, 2.45) is 0 Å². The highest BCUT2D eigenvalue weighted by atomic mass is 35.5. The van der Waals surface area contributed by atoms with Crippen LogP contribution in [0.1, 0.15) is 12.5 Å². The molecule has 0 aliphatic carbocycles. The minimum atomic E-state index is -1.01. The molecule has 0 aliphatic heterocycles. The third kappa shape index (κ3) is 3.92. The van der Waals surface area contributed by atoms with Gasteiger partial charge in [-0.05, 0) is 55.1 Å². The van der Waals surface area contributed by atoms with E-state index >= 15 is 0 Å². The summed E-state index contributed by atoms with van der Waals surface area (Å²) in [4.78, 5) is 15.2. The van der Waals surface area contributed by atoms with Crippen LogP contribution in [-0.4, -0.2) is 30.8 Å². The molecule has 4 aromatic rings. The van der Waals surface area contributed by atoms with Crippen molar-refractivity contribution in [2.75, 3.05) is 0 Å². The maximum absolute atomic E-state index is 11.9. The lowest BCUT2D eigenvalue weighted by atomic mass is 10.1. The third-order valence-corrected chi connectivity index (χ3v) is 5.70. The lowest BCUT2D eigenvalue weighted by Gasteiger charge is -2.08. The fraction of sp³-hybridized carbons (Fsp3) is 0.0952. The fourth-order valence-corrected chi connectivity index (χ4v) is 4.05. The number of carboxylic acids is 1. The van der Waals surface area contributed by atoms with Gasteiger partial charge in [-0.25, -0.2) is 4.79 Å². The van der Waals surface area contributed by atoms with E-state index in [-0.39, 0.29) is 4.91 Å². The molecule has 0 spiro atoms. The Labute approximate surface area is 176 Å². The average molecular weight is 425 g/mol. The number of para-hydroxylation sites is 1. The standard InChI is InChI=1S/C21H17ClN4O2S/c1-2-26-19(13-7-9-15(22)10-8-13)24-25-21(26)29-18(20(27)28)11-14-12-23-17-6-4-3-5-16(14)17/h3-12,23H,2H2,1H3,(H,27,28)/b18-11-. The number of hydrogen-bond acceptors (Lipinski definition) is 4. The minimum Gasteiger partial charge on any atom is -0.477 e. The lowest BCUT2D eigenvalue weighted by molar-refractivity contribution is -0.131. The van der Waals surface area contributed by atoms with Crippen LogP contribution in [0, 0.1) is 0 Å². The monoisotopic (exact) mass is 424 g/mol. The smallest absolute Gasteiger partial charge is 0.342 e. The van der Waals surface area contributed by atoms with Crippen molar-refractivity contribution < 1.29 is 9.90 Å². The summed E-state index contributed by atoms with van der Waals surface area (Å²) in [7, 11) is 0. The summed E-state index contributed by atoms with van der Waals surface area (Å²) in [5.41, 5.74) is 2.63. The first-order chi connectivity index (χ1) is 14.1. The molecule has 0 bridgehead atoms. The van der Waals surface area contributed by atoms with Crippen molar-refractivity contribution in [1.29, 1.82) is 0 Å². The third-order valence-electron chi connectivity index (χ3n) is 4.46. The first kappa shape index (κ1) is 19.3. The molecule has 0 atom stereocenters. The molecular weight excluding hydrogens is 408 g/mol. The maximum atomic E-state index is 11.9. The number of nitrogens with one attached hydrogen (secondary N) is 1. The number of carboxylic acid groups (broad SMARTS) is 1. The second-order valence-corrected chi connectivity index (χ2v) is 7.71. The molecule has 2 aromatic heterocycles. The highest BCUT2D eigenvalue weighted by Crippen LogP contribution is 2.32. The molecule has 0 saturated carbocycles. The Morgan fingerprint density at radius 2 is 1.97 bits per heavy atom. The van der Waals surface area contributed by atoms with Crippen molar-refractivity contribution in [3.05, 3.63) is 70.2 Å². The molecule has 146 valence electrons. The van der Waals surface area contributed by atoms with E-state index in [4.69, 9.17) is 11.6 Å². The van der Waals surface area contributed by atoms with E-state index in [2.05, 4.69) is 15.2 Å². The lowest BCUT2D eigenvalue weighted by Crippen LogP contribution is -2.02. The second-order valence-electron chi connectivity index (χ2n) is 6.26. The second kappa shape index (κ2) is 8.14. The molecule has 2 N–H and O–H groups in total. The van der Waals surface area contributed by atoms with Gasteiger partial charge in [0.25, 0.3) is 0 Å². The summed E-state index contributed by atoms with van der Waals surface area (Å²) in [6.45, 7) is 2.57. The first-order valence-corrected chi connectivity index (χ1v) is 10.1. The van der Waals surface area contributed by atoms with Gasteiger partial charge in [0.1, 0.15) is 4.91 Å². The van der Waals surface area contributed by atoms with Crippen LogP contribution in [-0.2, 0) is 11.3 Å². The van der Waals surface area contributed by atoms with Gasteiger partial charge in [0.2, 0.25) is 0 Å². The molecule has 6 nitrogen and oxygen atoms in total. The topological polar surface area (TPSA) is 83.8 Å². The Morgan fingerprint density at radius 1 is 1.21 bits per heavy atom. The minimum absolute atomic E-state index is 0.166. The van der Waals surface area contributed by atoms with Gasteiger partial charge in [-0.15, -0.1) is 10.2 Å². The number of H-pyrrole nitrogens is 1. The molecule has 29 heavy (non-hydrogen) atoms. The Balaban J connectivity index is 1.71. The van der Waals surface area contributed by atoms with Crippen molar-refractivity contribution in [2.45, 2.75) is 18.6 Å². The van der Waals surface area contributed by atoms with E-state index in [1.807, 2.05) is 47.9 Å². The van der Waals surface area contributed by atoms with Crippen LogP contribution in [0.4, 0.5) is 0 Å². The van der Waals surface area contributed by atoms with Gasteiger partial charge in [0.05, 0.1) is 0 Å². The zero-order valence-electron chi connectivity index (χ0n) is 15.5. The first-order valence-electron chi connectivity index (χ1n) is 8.95. The molecule has 0 radical (unpaired) electrons. The van der Waals surface area contributed by atoms with Crippen LogP contribution in [0.15, 0.2) is 64.8 Å². The molecule has 8 heteroatoms. The number of carbonyl (C=O) groups is 1. The number of nitrogens with zero attached hydrogens (tertiary/aromatic N) is 3. The largest absolute Gasteiger partial charge is 0.477 e. The summed E-state index contributed by atoms with van der Waals surface area (Å²) in [5, 5.41) is 20.4. The molecule has 2 heterocycles. The molecule has 0 amide bonds. The predicted molar refractivity (Wildman–Crippen MR) is 116 cm³/mol. The van der Waals surface area contributed by atoms with Crippen molar-refractivity contribution in [3.8, 4) is 11.4 Å². The number of benzene rings is 2. The molecule has 2 aromatic carbocycles. The van der Waals surface area contributed by atoms with Gasteiger partial charge in [0, 0.05) is 39.8 Å². The molecule has 0 aliphatic rings. The quantitative estimate of drug-likeness (QED) is 0.323. The van der Waals surface area contributed by atoms with E-state index in [1.165, 1.54) is 0 Å². The van der Waals surface area contributed by atoms with E-state index in [1.54, 1.807) is 24.4 Å². The predicted octanol–water partition coefficient (Wildman–Crippen LogP) is 5.32. The summed E-state index contributed by atoms with van der Waals surface area (Å²) >= 11 is 7.05. The summed E-state index contributed by atoms with van der Waals surface area (Å²) < 4.78 is 1.89. The highest BCUT2D eigenvalue weighted by molar-refractivity contribution is 8.04. The number of rotatable bonds is 6. The van der Waals surface area contributed by atoms with Gasteiger partial charge >= 0.3 is 5.97 Å². The number of aliphatic carboxylic acids is 1. The fourth-order valence-electron chi connectivity index (χ4n) is 3.05. The van der Waals surface area contributed by atoms with Crippen molar-refractivity contribution in [1.82, 2.24) is 19.7 Å². The number of halogens is 1. The van der Waals surface area contributed by atoms with Gasteiger partial charge in [-0.2, -0.15) is 0 Å². The average Bonchev–Trinajstić information content (AvgIpc) is 3.32. The number of hydrogen-bond donors (Lipinski definition) is 2. The Morgan fingerprint density at radius 3 is 2.69 bits per heavy atom. The van der Waals surface area contributed by atoms with E-state index < -0.39 is 5.97 Å². The van der Waals surface area contributed by atoms with E-state index in [0.717, 1.165) is 33.8 Å². The normalized spacial score (nSPS) is 11.9. The van der Waals surface area contributed by atoms with Crippen molar-refractivity contribution in [3.63, 3.8) is 0 Å². The van der Waals surface area contributed by atoms with Crippen LogP contribution in [0.5, 0.6) is 0 Å². The molecule has 0 saturated heterocycles. The molecule has 0 unspecified atom stereocenters. The zero-order valence-corrected chi connectivity index (χ0v) is 17.0. The summed E-state index contributed by atoms with van der Waals surface area (Å²) in [6, 6.07) is 15.1. The highest BCUT2D eigenvalue weighted by Gasteiger charge is 2.18. The SMILES string of the molecule is CCn1c(S/C(=C\c2c[nH]c3ccccc23)C(=O)O)nnc1-c1ccc(Cl)cc1. The van der Waals surface area contributed by atoms with Crippen LogP contribution >= 0.6 is 23.4 Å². The van der Waals surface area contributed by atoms with Crippen LogP contribution < -0.4 is 0 Å². The number of fused-ring (bicyclic) bond motifs is 1. The van der Waals surface area contributed by atoms with Crippen molar-refractivity contribution >= 4 is 46.3 Å². The maximum Gasteiger partial charge on any atom is 0.342 e. The van der Waals surface area contributed by atoms with E-state index in [0.29, 0.717) is 22.5 Å². The number of aromatic nitrogens is 4. The van der Waals surface area contributed by atoms with Gasteiger partial charge in [0.15, 0.2) is 11.0 Å². The van der Waals surface area contributed by atoms with Gasteiger partial charge in [-0.1, -0.05) is 29.8 Å². The Bertz CT molecular complexity index is 1210. The summed E-state index contributed by atoms with van der Waals surface area (Å²) in [6.07, 6.45) is 3.46. The molecule has 4 rings (SSSR count). The molecular formula is C21H17ClN4O2S. The van der Waals surface area contributed by atoms with Crippen LogP contribution in [0.25, 0.3) is 28.4 Å². The Hall–Kier alpha value is -3.03. The van der Waals surface area contributed by atoms with E-state index in [9.17, 15) is 9.90 Å². The van der Waals surface area contributed by atoms with Gasteiger partial charge < -0.3 is 14.7 Å².